The second kappa shape index (κ2) is 8.72. The molecule has 2 amide bonds. The van der Waals surface area contributed by atoms with Crippen LogP contribution >= 0.6 is 11.6 Å². The number of hydrogen-bond acceptors (Lipinski definition) is 4. The standard InChI is InChI=1S/C26H20ClN3O4S/c1-2-30-23-14-13-22(20-7-4-8-21(24(20)23)26(30)32)28-25(31)16-5-3-6-18(15-16)29-35(33,34)19-11-9-17(27)10-12-19/h3-15,29H,2H2,1H3,(H,28,31). The highest BCUT2D eigenvalue weighted by atomic mass is 35.5. The number of amides is 2. The summed E-state index contributed by atoms with van der Waals surface area (Å²) in [4.78, 5) is 27.5. The molecule has 1 aliphatic rings. The Bertz CT molecular complexity index is 1600. The van der Waals surface area contributed by atoms with Crippen molar-refractivity contribution in [1.29, 1.82) is 0 Å². The van der Waals surface area contributed by atoms with Crippen molar-refractivity contribution in [3.05, 3.63) is 95.0 Å². The van der Waals surface area contributed by atoms with Crippen molar-refractivity contribution in [1.82, 2.24) is 0 Å². The van der Waals surface area contributed by atoms with Crippen LogP contribution in [-0.4, -0.2) is 26.8 Å². The zero-order valence-electron chi connectivity index (χ0n) is 18.6. The lowest BCUT2D eigenvalue weighted by atomic mass is 10.0. The minimum atomic E-state index is -3.85. The van der Waals surface area contributed by atoms with Crippen LogP contribution in [0.1, 0.15) is 27.6 Å². The van der Waals surface area contributed by atoms with Crippen LogP contribution in [0.15, 0.2) is 83.8 Å². The molecule has 1 heterocycles. The topological polar surface area (TPSA) is 95.6 Å². The van der Waals surface area contributed by atoms with E-state index < -0.39 is 15.9 Å². The van der Waals surface area contributed by atoms with Gasteiger partial charge in [-0.1, -0.05) is 29.8 Å². The summed E-state index contributed by atoms with van der Waals surface area (Å²) < 4.78 is 27.9. The fourth-order valence-electron chi connectivity index (χ4n) is 4.22. The van der Waals surface area contributed by atoms with Gasteiger partial charge in [0.25, 0.3) is 21.8 Å². The van der Waals surface area contributed by atoms with Crippen molar-refractivity contribution in [2.45, 2.75) is 11.8 Å². The fraction of sp³-hybridized carbons (Fsp3) is 0.0769. The smallest absolute Gasteiger partial charge is 0.261 e. The number of nitrogens with one attached hydrogen (secondary N) is 2. The van der Waals surface area contributed by atoms with Crippen LogP contribution in [-0.2, 0) is 10.0 Å². The van der Waals surface area contributed by atoms with Gasteiger partial charge in [-0.05, 0) is 67.6 Å². The van der Waals surface area contributed by atoms with Crippen molar-refractivity contribution in [3.8, 4) is 0 Å². The van der Waals surface area contributed by atoms with Gasteiger partial charge in [0.2, 0.25) is 0 Å². The molecular weight excluding hydrogens is 486 g/mol. The minimum Gasteiger partial charge on any atom is -0.321 e. The first-order valence-corrected chi connectivity index (χ1v) is 12.7. The lowest BCUT2D eigenvalue weighted by Crippen LogP contribution is -2.25. The van der Waals surface area contributed by atoms with E-state index >= 15 is 0 Å². The highest BCUT2D eigenvalue weighted by Crippen LogP contribution is 2.40. The quantitative estimate of drug-likeness (QED) is 0.360. The van der Waals surface area contributed by atoms with E-state index in [0.717, 1.165) is 16.5 Å². The van der Waals surface area contributed by atoms with Gasteiger partial charge in [-0.25, -0.2) is 8.42 Å². The molecule has 0 aromatic heterocycles. The largest absolute Gasteiger partial charge is 0.321 e. The van der Waals surface area contributed by atoms with Crippen LogP contribution in [0.4, 0.5) is 17.1 Å². The van der Waals surface area contributed by atoms with E-state index in [9.17, 15) is 18.0 Å². The molecule has 0 atom stereocenters. The Labute approximate surface area is 207 Å². The van der Waals surface area contributed by atoms with Crippen LogP contribution in [0.2, 0.25) is 5.02 Å². The average Bonchev–Trinajstić information content (AvgIpc) is 3.13. The van der Waals surface area contributed by atoms with Gasteiger partial charge in [-0.3, -0.25) is 14.3 Å². The maximum Gasteiger partial charge on any atom is 0.261 e. The van der Waals surface area contributed by atoms with Crippen molar-refractivity contribution >= 4 is 61.3 Å². The van der Waals surface area contributed by atoms with E-state index in [4.69, 9.17) is 11.6 Å². The fourth-order valence-corrected chi connectivity index (χ4v) is 5.39. The maximum absolute atomic E-state index is 13.1. The third-order valence-corrected chi connectivity index (χ3v) is 7.50. The third kappa shape index (κ3) is 4.11. The summed E-state index contributed by atoms with van der Waals surface area (Å²) in [6, 6.07) is 21.0. The number of sulfonamides is 1. The molecule has 4 aromatic carbocycles. The average molecular weight is 506 g/mol. The molecule has 4 aromatic rings. The van der Waals surface area contributed by atoms with Crippen LogP contribution in [0, 0.1) is 0 Å². The molecule has 7 nitrogen and oxygen atoms in total. The number of carbonyl (C=O) groups is 2. The number of rotatable bonds is 6. The summed E-state index contributed by atoms with van der Waals surface area (Å²) in [5.41, 5.74) is 2.51. The van der Waals surface area contributed by atoms with E-state index in [2.05, 4.69) is 10.0 Å². The Kier molecular flexibility index (Phi) is 5.70. The van der Waals surface area contributed by atoms with Crippen LogP contribution < -0.4 is 14.9 Å². The molecule has 35 heavy (non-hydrogen) atoms. The van der Waals surface area contributed by atoms with E-state index in [-0.39, 0.29) is 22.1 Å². The van der Waals surface area contributed by atoms with Gasteiger partial charge in [0.15, 0.2) is 0 Å². The molecule has 1 aliphatic heterocycles. The molecule has 5 rings (SSSR count). The molecule has 176 valence electrons. The molecule has 0 fully saturated rings. The first kappa shape index (κ1) is 22.9. The lowest BCUT2D eigenvalue weighted by Gasteiger charge is -2.16. The van der Waals surface area contributed by atoms with Crippen molar-refractivity contribution in [3.63, 3.8) is 0 Å². The van der Waals surface area contributed by atoms with E-state index in [0.29, 0.717) is 22.8 Å². The monoisotopic (exact) mass is 505 g/mol. The van der Waals surface area contributed by atoms with Gasteiger partial charge >= 0.3 is 0 Å². The normalized spacial score (nSPS) is 12.7. The van der Waals surface area contributed by atoms with Gasteiger partial charge in [0, 0.05) is 44.8 Å². The van der Waals surface area contributed by atoms with E-state index in [1.54, 1.807) is 41.3 Å². The zero-order chi connectivity index (χ0) is 24.7. The van der Waals surface area contributed by atoms with E-state index in [1.165, 1.54) is 30.3 Å². The van der Waals surface area contributed by atoms with Crippen molar-refractivity contribution in [2.75, 3.05) is 21.5 Å². The molecule has 0 bridgehead atoms. The predicted octanol–water partition coefficient (Wildman–Crippen LogP) is 5.53. The van der Waals surface area contributed by atoms with Gasteiger partial charge < -0.3 is 10.2 Å². The third-order valence-electron chi connectivity index (χ3n) is 5.85. The number of halogens is 1. The number of hydrogen-bond donors (Lipinski definition) is 2. The molecule has 9 heteroatoms. The molecule has 0 spiro atoms. The lowest BCUT2D eigenvalue weighted by molar-refractivity contribution is 0.0992. The van der Waals surface area contributed by atoms with Crippen LogP contribution in [0.25, 0.3) is 10.8 Å². The highest BCUT2D eigenvalue weighted by molar-refractivity contribution is 7.92. The summed E-state index contributed by atoms with van der Waals surface area (Å²) in [5.74, 6) is -0.466. The Morgan fingerprint density at radius 2 is 1.71 bits per heavy atom. The summed E-state index contributed by atoms with van der Waals surface area (Å²) in [7, 11) is -3.85. The van der Waals surface area contributed by atoms with Crippen molar-refractivity contribution in [2.24, 2.45) is 0 Å². The summed E-state index contributed by atoms with van der Waals surface area (Å²) in [5, 5.41) is 4.90. The summed E-state index contributed by atoms with van der Waals surface area (Å²) in [6.07, 6.45) is 0. The first-order valence-electron chi connectivity index (χ1n) is 10.9. The minimum absolute atomic E-state index is 0.0558. The summed E-state index contributed by atoms with van der Waals surface area (Å²) in [6.45, 7) is 2.46. The first-order chi connectivity index (χ1) is 16.8. The predicted molar refractivity (Wildman–Crippen MR) is 138 cm³/mol. The SMILES string of the molecule is CCN1C(=O)c2cccc3c(NC(=O)c4cccc(NS(=O)(=O)c5ccc(Cl)cc5)c4)ccc1c23. The Balaban J connectivity index is 1.42. The molecule has 0 saturated carbocycles. The molecule has 2 N–H and O–H groups in total. The Hall–Kier alpha value is -3.88. The molecule has 0 radical (unpaired) electrons. The maximum atomic E-state index is 13.1. The van der Waals surface area contributed by atoms with Crippen molar-refractivity contribution < 1.29 is 18.0 Å². The highest BCUT2D eigenvalue weighted by Gasteiger charge is 2.29. The van der Waals surface area contributed by atoms with Gasteiger partial charge in [0.1, 0.15) is 0 Å². The molecule has 0 aliphatic carbocycles. The van der Waals surface area contributed by atoms with Gasteiger partial charge in [-0.15, -0.1) is 0 Å². The zero-order valence-corrected chi connectivity index (χ0v) is 20.2. The number of carbonyl (C=O) groups excluding carboxylic acids is 2. The Morgan fingerprint density at radius 1 is 0.971 bits per heavy atom. The van der Waals surface area contributed by atoms with Crippen LogP contribution in [0.5, 0.6) is 0 Å². The summed E-state index contributed by atoms with van der Waals surface area (Å²) >= 11 is 5.84. The number of benzene rings is 4. The Morgan fingerprint density at radius 3 is 2.46 bits per heavy atom. The molecular formula is C26H20ClN3O4S. The van der Waals surface area contributed by atoms with Gasteiger partial charge in [-0.2, -0.15) is 0 Å². The number of nitrogens with zero attached hydrogens (tertiary/aromatic N) is 1. The molecule has 0 saturated heterocycles. The second-order valence-corrected chi connectivity index (χ2v) is 10.1. The molecule has 0 unspecified atom stereocenters. The van der Waals surface area contributed by atoms with E-state index in [1.807, 2.05) is 19.1 Å². The van der Waals surface area contributed by atoms with Crippen LogP contribution in [0.3, 0.4) is 0 Å². The number of anilines is 3. The van der Waals surface area contributed by atoms with Gasteiger partial charge in [0.05, 0.1) is 10.6 Å². The second-order valence-electron chi connectivity index (χ2n) is 8.00.